The minimum absolute atomic E-state index is 0.353. The predicted octanol–water partition coefficient (Wildman–Crippen LogP) is 2.37. The minimum atomic E-state index is -0.932. The molecule has 1 unspecified atom stereocenters. The van der Waals surface area contributed by atoms with Crippen molar-refractivity contribution in [3.63, 3.8) is 0 Å². The lowest BCUT2D eigenvalue weighted by Crippen LogP contribution is -2.28. The van der Waals surface area contributed by atoms with Gasteiger partial charge in [-0.05, 0) is 30.4 Å². The normalized spacial score (nSPS) is 19.3. The van der Waals surface area contributed by atoms with E-state index in [4.69, 9.17) is 5.11 Å². The van der Waals surface area contributed by atoms with E-state index in [9.17, 15) is 4.79 Å². The number of rotatable bonds is 2. The highest BCUT2D eigenvalue weighted by atomic mass is 16.4. The summed E-state index contributed by atoms with van der Waals surface area (Å²) in [6, 6.07) is 8.33. The van der Waals surface area contributed by atoms with E-state index in [1.165, 1.54) is 11.1 Å². The highest BCUT2D eigenvalue weighted by Crippen LogP contribution is 2.30. The molecule has 0 aliphatic heterocycles. The van der Waals surface area contributed by atoms with Crippen LogP contribution in [0.1, 0.15) is 29.9 Å². The molecule has 0 aromatic heterocycles. The van der Waals surface area contributed by atoms with Crippen LogP contribution in [0.25, 0.3) is 0 Å². The summed E-state index contributed by atoms with van der Waals surface area (Å²) in [7, 11) is 0. The standard InChI is InChI=1S/C12H15NO2/c14-12(15)13-8-10-6-3-5-9-4-1-2-7-11(9)10/h1-2,4,7,10,13H,3,5-6,8H2,(H,14,15). The van der Waals surface area contributed by atoms with Gasteiger partial charge in [0.05, 0.1) is 0 Å². The van der Waals surface area contributed by atoms with E-state index in [2.05, 4.69) is 17.4 Å². The molecular weight excluding hydrogens is 190 g/mol. The third-order valence-electron chi connectivity index (χ3n) is 2.99. The Kier molecular flexibility index (Phi) is 2.90. The topological polar surface area (TPSA) is 49.3 Å². The van der Waals surface area contributed by atoms with Crippen LogP contribution < -0.4 is 5.32 Å². The summed E-state index contributed by atoms with van der Waals surface area (Å²) in [6.07, 6.45) is 2.43. The summed E-state index contributed by atoms with van der Waals surface area (Å²) in [4.78, 5) is 10.4. The van der Waals surface area contributed by atoms with Crippen LogP contribution >= 0.6 is 0 Å². The molecule has 80 valence electrons. The number of aryl methyl sites for hydroxylation is 1. The summed E-state index contributed by atoms with van der Waals surface area (Å²) < 4.78 is 0. The zero-order valence-corrected chi connectivity index (χ0v) is 8.57. The van der Waals surface area contributed by atoms with Crippen LogP contribution in [0.4, 0.5) is 4.79 Å². The Bertz CT molecular complexity index is 362. The maximum atomic E-state index is 10.4. The van der Waals surface area contributed by atoms with E-state index in [0.29, 0.717) is 12.5 Å². The van der Waals surface area contributed by atoms with Crippen LogP contribution in [0, 0.1) is 0 Å². The average Bonchev–Trinajstić information content (AvgIpc) is 2.26. The van der Waals surface area contributed by atoms with Gasteiger partial charge in [0.15, 0.2) is 0 Å². The summed E-state index contributed by atoms with van der Waals surface area (Å²) in [5.74, 6) is 0.353. The molecule has 1 aliphatic carbocycles. The van der Waals surface area contributed by atoms with Gasteiger partial charge in [-0.15, -0.1) is 0 Å². The summed E-state index contributed by atoms with van der Waals surface area (Å²) in [5, 5.41) is 11.1. The van der Waals surface area contributed by atoms with Crippen LogP contribution in [-0.4, -0.2) is 17.7 Å². The van der Waals surface area contributed by atoms with Gasteiger partial charge in [0, 0.05) is 12.5 Å². The van der Waals surface area contributed by atoms with Crippen molar-refractivity contribution in [1.29, 1.82) is 0 Å². The van der Waals surface area contributed by atoms with E-state index in [0.717, 1.165) is 19.3 Å². The first-order chi connectivity index (χ1) is 7.27. The van der Waals surface area contributed by atoms with Crippen LogP contribution in [0.15, 0.2) is 24.3 Å². The fraction of sp³-hybridized carbons (Fsp3) is 0.417. The van der Waals surface area contributed by atoms with Gasteiger partial charge in [-0.2, -0.15) is 0 Å². The van der Waals surface area contributed by atoms with Crippen LogP contribution in [-0.2, 0) is 6.42 Å². The summed E-state index contributed by atoms with van der Waals surface area (Å²) in [6.45, 7) is 0.534. The van der Waals surface area contributed by atoms with Crippen molar-refractivity contribution in [1.82, 2.24) is 5.32 Å². The third-order valence-corrected chi connectivity index (χ3v) is 2.99. The van der Waals surface area contributed by atoms with E-state index in [1.807, 2.05) is 12.1 Å². The second kappa shape index (κ2) is 4.34. The highest BCUT2D eigenvalue weighted by Gasteiger charge is 2.19. The number of hydrogen-bond donors (Lipinski definition) is 2. The zero-order valence-electron chi connectivity index (χ0n) is 8.57. The Morgan fingerprint density at radius 3 is 3.07 bits per heavy atom. The maximum Gasteiger partial charge on any atom is 0.404 e. The Balaban J connectivity index is 2.11. The molecule has 0 fully saturated rings. The van der Waals surface area contributed by atoms with Crippen molar-refractivity contribution in [3.8, 4) is 0 Å². The number of fused-ring (bicyclic) bond motifs is 1. The van der Waals surface area contributed by atoms with Crippen LogP contribution in [0.5, 0.6) is 0 Å². The smallest absolute Gasteiger partial charge is 0.404 e. The van der Waals surface area contributed by atoms with Gasteiger partial charge >= 0.3 is 6.09 Å². The number of benzene rings is 1. The van der Waals surface area contributed by atoms with E-state index < -0.39 is 6.09 Å². The molecule has 1 aromatic carbocycles. The van der Waals surface area contributed by atoms with E-state index >= 15 is 0 Å². The van der Waals surface area contributed by atoms with Crippen molar-refractivity contribution < 1.29 is 9.90 Å². The van der Waals surface area contributed by atoms with Gasteiger partial charge in [0.25, 0.3) is 0 Å². The van der Waals surface area contributed by atoms with Crippen molar-refractivity contribution in [2.75, 3.05) is 6.54 Å². The number of amides is 1. The molecule has 2 rings (SSSR count). The van der Waals surface area contributed by atoms with Gasteiger partial charge in [0.2, 0.25) is 0 Å². The highest BCUT2D eigenvalue weighted by molar-refractivity contribution is 5.64. The van der Waals surface area contributed by atoms with Gasteiger partial charge in [-0.3, -0.25) is 0 Å². The number of carboxylic acid groups (broad SMARTS) is 1. The molecule has 0 saturated carbocycles. The molecule has 3 heteroatoms. The Morgan fingerprint density at radius 2 is 2.27 bits per heavy atom. The first-order valence-corrected chi connectivity index (χ1v) is 5.32. The average molecular weight is 205 g/mol. The minimum Gasteiger partial charge on any atom is -0.465 e. The molecule has 1 aliphatic rings. The molecule has 1 amide bonds. The molecule has 0 saturated heterocycles. The summed E-state index contributed by atoms with van der Waals surface area (Å²) >= 11 is 0. The largest absolute Gasteiger partial charge is 0.465 e. The lowest BCUT2D eigenvalue weighted by Gasteiger charge is -2.25. The first kappa shape index (κ1) is 10.0. The zero-order chi connectivity index (χ0) is 10.7. The van der Waals surface area contributed by atoms with Gasteiger partial charge in [-0.1, -0.05) is 24.3 Å². The summed E-state index contributed by atoms with van der Waals surface area (Å²) in [5.41, 5.74) is 2.69. The molecule has 1 aromatic rings. The Hall–Kier alpha value is -1.51. The Morgan fingerprint density at radius 1 is 1.47 bits per heavy atom. The predicted molar refractivity (Wildman–Crippen MR) is 58.1 cm³/mol. The lowest BCUT2D eigenvalue weighted by molar-refractivity contribution is 0.193. The molecule has 1 atom stereocenters. The third kappa shape index (κ3) is 2.29. The van der Waals surface area contributed by atoms with Gasteiger partial charge < -0.3 is 10.4 Å². The van der Waals surface area contributed by atoms with Crippen molar-refractivity contribution >= 4 is 6.09 Å². The quantitative estimate of drug-likeness (QED) is 0.778. The molecule has 3 nitrogen and oxygen atoms in total. The van der Waals surface area contributed by atoms with Crippen molar-refractivity contribution in [2.24, 2.45) is 0 Å². The van der Waals surface area contributed by atoms with Gasteiger partial charge in [-0.25, -0.2) is 4.79 Å². The maximum absolute atomic E-state index is 10.4. The molecular formula is C12H15NO2. The van der Waals surface area contributed by atoms with Crippen LogP contribution in [0.2, 0.25) is 0 Å². The number of carbonyl (C=O) groups is 1. The Labute approximate surface area is 89.1 Å². The van der Waals surface area contributed by atoms with Crippen molar-refractivity contribution in [3.05, 3.63) is 35.4 Å². The fourth-order valence-electron chi connectivity index (χ4n) is 2.28. The molecule has 15 heavy (non-hydrogen) atoms. The lowest BCUT2D eigenvalue weighted by atomic mass is 9.83. The first-order valence-electron chi connectivity index (χ1n) is 5.32. The molecule has 0 heterocycles. The van der Waals surface area contributed by atoms with E-state index in [1.54, 1.807) is 0 Å². The number of nitrogens with one attached hydrogen (secondary N) is 1. The fourth-order valence-corrected chi connectivity index (χ4v) is 2.28. The molecule has 0 bridgehead atoms. The monoisotopic (exact) mass is 205 g/mol. The van der Waals surface area contributed by atoms with Crippen LogP contribution in [0.3, 0.4) is 0 Å². The van der Waals surface area contributed by atoms with Gasteiger partial charge in [0.1, 0.15) is 0 Å². The van der Waals surface area contributed by atoms with Crippen molar-refractivity contribution in [2.45, 2.75) is 25.2 Å². The second-order valence-corrected chi connectivity index (χ2v) is 3.97. The molecule has 0 radical (unpaired) electrons. The molecule has 0 spiro atoms. The second-order valence-electron chi connectivity index (χ2n) is 3.97. The van der Waals surface area contributed by atoms with E-state index in [-0.39, 0.29) is 0 Å². The number of hydrogen-bond acceptors (Lipinski definition) is 1. The SMILES string of the molecule is O=C(O)NCC1CCCc2ccccc21. The molecule has 2 N–H and O–H groups in total.